The van der Waals surface area contributed by atoms with Gasteiger partial charge in [0.25, 0.3) is 0 Å². The summed E-state index contributed by atoms with van der Waals surface area (Å²) in [5.74, 6) is 1.69. The Morgan fingerprint density at radius 2 is 1.09 bits per heavy atom. The second-order valence-electron chi connectivity index (χ2n) is 9.55. The molecule has 2 aliphatic rings. The number of nitrogens with zero attached hydrogens (tertiary/aromatic N) is 2. The molecular weight excluding hydrogens is 424 g/mol. The van der Waals surface area contributed by atoms with Crippen LogP contribution in [0.15, 0.2) is 48.5 Å². The van der Waals surface area contributed by atoms with E-state index >= 15 is 0 Å². The monoisotopic (exact) mass is 462 g/mol. The van der Waals surface area contributed by atoms with Gasteiger partial charge in [0.1, 0.15) is 0 Å². The summed E-state index contributed by atoms with van der Waals surface area (Å²) in [6.07, 6.45) is 5.91. The van der Waals surface area contributed by atoms with Gasteiger partial charge in [-0.25, -0.2) is 0 Å². The number of carbonyl (C=O) groups is 2. The molecule has 2 aromatic carbocycles. The lowest BCUT2D eigenvalue weighted by Crippen LogP contribution is -2.41. The lowest BCUT2D eigenvalue weighted by Gasteiger charge is -2.41. The highest BCUT2D eigenvalue weighted by Gasteiger charge is 2.30. The third-order valence-electron chi connectivity index (χ3n) is 7.38. The number of nitrogens with one attached hydrogen (secondary N) is 2. The summed E-state index contributed by atoms with van der Waals surface area (Å²) in [5, 5.41) is 5.95. The van der Waals surface area contributed by atoms with Crippen LogP contribution in [0.25, 0.3) is 0 Å². The van der Waals surface area contributed by atoms with Gasteiger partial charge in [-0.15, -0.1) is 0 Å². The minimum Gasteiger partial charge on any atom is -0.371 e. The number of hydrogen-bond donors (Lipinski definition) is 2. The van der Waals surface area contributed by atoms with E-state index in [-0.39, 0.29) is 11.8 Å². The maximum absolute atomic E-state index is 11.7. The fourth-order valence-electron chi connectivity index (χ4n) is 5.32. The Labute approximate surface area is 203 Å². The van der Waals surface area contributed by atoms with Gasteiger partial charge in [-0.05, 0) is 73.9 Å². The molecule has 0 unspecified atom stereocenters. The molecule has 2 heterocycles. The zero-order valence-corrected chi connectivity index (χ0v) is 20.6. The molecule has 2 amide bonds. The fourth-order valence-corrected chi connectivity index (χ4v) is 5.32. The summed E-state index contributed by atoms with van der Waals surface area (Å²) in [5.41, 5.74) is 4.18. The van der Waals surface area contributed by atoms with Crippen LogP contribution in [-0.4, -0.2) is 38.0 Å². The minimum atomic E-state index is 0.0552. The Kier molecular flexibility index (Phi) is 8.09. The van der Waals surface area contributed by atoms with Crippen molar-refractivity contribution in [1.82, 2.24) is 0 Å². The molecule has 0 aromatic heterocycles. The lowest BCUT2D eigenvalue weighted by atomic mass is 9.78. The van der Waals surface area contributed by atoms with Gasteiger partial charge in [0, 0.05) is 61.8 Å². The minimum absolute atomic E-state index is 0.0552. The molecule has 182 valence electrons. The van der Waals surface area contributed by atoms with Gasteiger partial charge >= 0.3 is 0 Å². The molecule has 0 bridgehead atoms. The SMILES string of the molecule is CCC(=O)Nc1cccc(N2CCC(C3CCN(c4cccc(NC(=O)CC)c4)CC3)CC2)c1. The van der Waals surface area contributed by atoms with Crippen molar-refractivity contribution in [3.05, 3.63) is 48.5 Å². The first-order chi connectivity index (χ1) is 16.6. The average molecular weight is 463 g/mol. The molecule has 0 radical (unpaired) electrons. The van der Waals surface area contributed by atoms with Gasteiger partial charge in [-0.1, -0.05) is 26.0 Å². The second-order valence-corrected chi connectivity index (χ2v) is 9.55. The van der Waals surface area contributed by atoms with E-state index in [1.165, 1.54) is 37.1 Å². The highest BCUT2D eigenvalue weighted by molar-refractivity contribution is 5.91. The summed E-state index contributed by atoms with van der Waals surface area (Å²) in [6.45, 7) is 8.06. The average Bonchev–Trinajstić information content (AvgIpc) is 2.89. The summed E-state index contributed by atoms with van der Waals surface area (Å²) in [7, 11) is 0. The van der Waals surface area contributed by atoms with Crippen LogP contribution in [0.4, 0.5) is 22.7 Å². The number of anilines is 4. The van der Waals surface area contributed by atoms with Crippen molar-refractivity contribution in [3.63, 3.8) is 0 Å². The molecule has 6 nitrogen and oxygen atoms in total. The molecule has 2 saturated heterocycles. The van der Waals surface area contributed by atoms with Crippen LogP contribution >= 0.6 is 0 Å². The highest BCUT2D eigenvalue weighted by Crippen LogP contribution is 2.35. The van der Waals surface area contributed by atoms with Crippen LogP contribution in [-0.2, 0) is 9.59 Å². The van der Waals surface area contributed by atoms with E-state index in [2.05, 4.69) is 44.7 Å². The third kappa shape index (κ3) is 6.10. The van der Waals surface area contributed by atoms with Crippen LogP contribution in [0.2, 0.25) is 0 Å². The molecule has 0 spiro atoms. The molecule has 2 fully saturated rings. The number of benzene rings is 2. The highest BCUT2D eigenvalue weighted by atomic mass is 16.2. The van der Waals surface area contributed by atoms with Crippen LogP contribution in [0.1, 0.15) is 52.4 Å². The van der Waals surface area contributed by atoms with Gasteiger partial charge in [0.2, 0.25) is 11.8 Å². The normalized spacial score (nSPS) is 17.5. The zero-order chi connectivity index (χ0) is 23.9. The Hall–Kier alpha value is -3.02. The Morgan fingerprint density at radius 1 is 0.706 bits per heavy atom. The zero-order valence-electron chi connectivity index (χ0n) is 20.6. The molecule has 2 N–H and O–H groups in total. The summed E-state index contributed by atoms with van der Waals surface area (Å²) < 4.78 is 0. The first kappa shape index (κ1) is 24.1. The molecule has 2 aliphatic heterocycles. The van der Waals surface area contributed by atoms with Crippen LogP contribution in [0.5, 0.6) is 0 Å². The maximum Gasteiger partial charge on any atom is 0.224 e. The van der Waals surface area contributed by atoms with Crippen molar-refractivity contribution in [2.45, 2.75) is 52.4 Å². The van der Waals surface area contributed by atoms with Gasteiger partial charge in [-0.3, -0.25) is 9.59 Å². The standard InChI is InChI=1S/C28H38N4O2/c1-3-27(33)29-23-7-5-9-25(19-23)31-15-11-21(12-16-31)22-13-17-32(18-14-22)26-10-6-8-24(20-26)30-28(34)4-2/h5-10,19-22H,3-4,11-18H2,1-2H3,(H,29,33)(H,30,34). The fraction of sp³-hybridized carbons (Fsp3) is 0.500. The second kappa shape index (κ2) is 11.4. The van der Waals surface area contributed by atoms with Gasteiger partial charge in [0.05, 0.1) is 0 Å². The molecule has 4 rings (SSSR count). The molecule has 0 aliphatic carbocycles. The van der Waals surface area contributed by atoms with Gasteiger partial charge in [-0.2, -0.15) is 0 Å². The molecule has 6 heteroatoms. The van der Waals surface area contributed by atoms with Crippen LogP contribution in [0.3, 0.4) is 0 Å². The molecule has 34 heavy (non-hydrogen) atoms. The molecule has 2 aromatic rings. The van der Waals surface area contributed by atoms with Crippen LogP contribution < -0.4 is 20.4 Å². The van der Waals surface area contributed by atoms with E-state index in [1.807, 2.05) is 38.1 Å². The third-order valence-corrected chi connectivity index (χ3v) is 7.38. The van der Waals surface area contributed by atoms with E-state index in [0.29, 0.717) is 12.8 Å². The summed E-state index contributed by atoms with van der Waals surface area (Å²) in [4.78, 5) is 28.4. The Morgan fingerprint density at radius 3 is 1.44 bits per heavy atom. The van der Waals surface area contributed by atoms with Crippen molar-refractivity contribution >= 4 is 34.6 Å². The first-order valence-electron chi connectivity index (χ1n) is 12.9. The maximum atomic E-state index is 11.7. The van der Waals surface area contributed by atoms with E-state index in [4.69, 9.17) is 0 Å². The number of amides is 2. The first-order valence-corrected chi connectivity index (χ1v) is 12.9. The van der Waals surface area contributed by atoms with Crippen LogP contribution in [0, 0.1) is 11.8 Å². The molecule has 0 atom stereocenters. The predicted molar refractivity (Wildman–Crippen MR) is 141 cm³/mol. The smallest absolute Gasteiger partial charge is 0.224 e. The van der Waals surface area contributed by atoms with E-state index in [9.17, 15) is 9.59 Å². The predicted octanol–water partition coefficient (Wildman–Crippen LogP) is 5.52. The molecular formula is C28H38N4O2. The van der Waals surface area contributed by atoms with Gasteiger partial charge in [0.15, 0.2) is 0 Å². The van der Waals surface area contributed by atoms with Crippen molar-refractivity contribution < 1.29 is 9.59 Å². The lowest BCUT2D eigenvalue weighted by molar-refractivity contribution is -0.116. The van der Waals surface area contributed by atoms with Crippen molar-refractivity contribution in [2.75, 3.05) is 46.6 Å². The quantitative estimate of drug-likeness (QED) is 0.569. The van der Waals surface area contributed by atoms with E-state index in [0.717, 1.165) is 49.4 Å². The summed E-state index contributed by atoms with van der Waals surface area (Å²) in [6, 6.07) is 16.5. The van der Waals surface area contributed by atoms with Crippen molar-refractivity contribution in [1.29, 1.82) is 0 Å². The van der Waals surface area contributed by atoms with E-state index in [1.54, 1.807) is 0 Å². The Balaban J connectivity index is 1.27. The topological polar surface area (TPSA) is 64.7 Å². The number of rotatable bonds is 7. The molecule has 0 saturated carbocycles. The number of piperidine rings is 2. The van der Waals surface area contributed by atoms with Crippen molar-refractivity contribution in [3.8, 4) is 0 Å². The van der Waals surface area contributed by atoms with Crippen molar-refractivity contribution in [2.24, 2.45) is 11.8 Å². The van der Waals surface area contributed by atoms with Gasteiger partial charge < -0.3 is 20.4 Å². The number of carbonyl (C=O) groups excluding carboxylic acids is 2. The largest absolute Gasteiger partial charge is 0.371 e. The number of hydrogen-bond acceptors (Lipinski definition) is 4. The summed E-state index contributed by atoms with van der Waals surface area (Å²) >= 11 is 0. The van der Waals surface area contributed by atoms with E-state index < -0.39 is 0 Å². The Bertz CT molecular complexity index is 896.